The molecule has 6 heteroatoms. The molecule has 0 aromatic heterocycles. The molecule has 0 aliphatic rings. The van der Waals surface area contributed by atoms with Crippen molar-refractivity contribution >= 4 is 23.4 Å². The molecule has 0 spiro atoms. The third kappa shape index (κ3) is 3.23. The average molecular weight is 263 g/mol. The number of halogens is 3. The highest BCUT2D eigenvalue weighted by molar-refractivity contribution is 6.45. The van der Waals surface area contributed by atoms with Crippen LogP contribution in [0.5, 0.6) is 0 Å². The first-order valence-electron chi connectivity index (χ1n) is 4.76. The largest absolute Gasteiger partial charge is 0.460 e. The number of ether oxygens (including phenoxy) is 1. The van der Waals surface area contributed by atoms with Gasteiger partial charge in [0.2, 0.25) is 0 Å². The van der Waals surface area contributed by atoms with Gasteiger partial charge in [-0.15, -0.1) is 0 Å². The standard InChI is InChI=1S/C11H9ClF2O3/c1-2-17-11(16)9(15)7-4-3-6(10(13)14)5-8(7)12/h3-5,10H,2H2,1H3. The van der Waals surface area contributed by atoms with E-state index in [0.29, 0.717) is 0 Å². The minimum Gasteiger partial charge on any atom is -0.460 e. The van der Waals surface area contributed by atoms with E-state index in [9.17, 15) is 18.4 Å². The van der Waals surface area contributed by atoms with Gasteiger partial charge in [-0.05, 0) is 19.1 Å². The second-order valence-electron chi connectivity index (χ2n) is 3.09. The molecule has 0 aliphatic heterocycles. The van der Waals surface area contributed by atoms with Crippen molar-refractivity contribution in [3.8, 4) is 0 Å². The summed E-state index contributed by atoms with van der Waals surface area (Å²) in [5.41, 5.74) is -0.454. The van der Waals surface area contributed by atoms with Gasteiger partial charge in [-0.2, -0.15) is 0 Å². The summed E-state index contributed by atoms with van der Waals surface area (Å²) in [4.78, 5) is 22.6. The Morgan fingerprint density at radius 2 is 2.06 bits per heavy atom. The summed E-state index contributed by atoms with van der Waals surface area (Å²) in [6.07, 6.45) is -2.68. The van der Waals surface area contributed by atoms with Crippen LogP contribution in [0.25, 0.3) is 0 Å². The Morgan fingerprint density at radius 1 is 1.41 bits per heavy atom. The first-order valence-corrected chi connectivity index (χ1v) is 5.14. The molecule has 0 aliphatic carbocycles. The molecule has 1 aromatic rings. The lowest BCUT2D eigenvalue weighted by Gasteiger charge is -2.05. The predicted octanol–water partition coefficient (Wildman–Crippen LogP) is 3.02. The van der Waals surface area contributed by atoms with E-state index < -0.39 is 18.2 Å². The van der Waals surface area contributed by atoms with Crippen LogP contribution in [-0.2, 0) is 9.53 Å². The molecule has 0 saturated carbocycles. The fourth-order valence-electron chi connectivity index (χ4n) is 1.16. The summed E-state index contributed by atoms with van der Waals surface area (Å²) in [6.45, 7) is 1.60. The first-order chi connectivity index (χ1) is 7.97. The molecule has 92 valence electrons. The van der Waals surface area contributed by atoms with Gasteiger partial charge in [-0.3, -0.25) is 4.79 Å². The minimum absolute atomic E-state index is 0.0529. The topological polar surface area (TPSA) is 43.4 Å². The quantitative estimate of drug-likeness (QED) is 0.476. The number of rotatable bonds is 4. The number of hydrogen-bond acceptors (Lipinski definition) is 3. The highest BCUT2D eigenvalue weighted by Crippen LogP contribution is 2.25. The number of ketones is 1. The predicted molar refractivity (Wildman–Crippen MR) is 57.4 cm³/mol. The SMILES string of the molecule is CCOC(=O)C(=O)c1ccc(C(F)F)cc1Cl. The zero-order valence-corrected chi connectivity index (χ0v) is 9.63. The lowest BCUT2D eigenvalue weighted by molar-refractivity contribution is -0.137. The van der Waals surface area contributed by atoms with Crippen molar-refractivity contribution in [1.29, 1.82) is 0 Å². The maximum absolute atomic E-state index is 12.3. The van der Waals surface area contributed by atoms with Gasteiger partial charge in [-0.1, -0.05) is 17.7 Å². The molecule has 0 heterocycles. The molecule has 0 radical (unpaired) electrons. The van der Waals surface area contributed by atoms with Gasteiger partial charge in [0.05, 0.1) is 11.6 Å². The van der Waals surface area contributed by atoms with Crippen LogP contribution >= 0.6 is 11.6 Å². The molecule has 0 atom stereocenters. The van der Waals surface area contributed by atoms with Crippen LogP contribution < -0.4 is 0 Å². The van der Waals surface area contributed by atoms with E-state index in [-0.39, 0.29) is 22.8 Å². The van der Waals surface area contributed by atoms with Crippen molar-refractivity contribution in [2.24, 2.45) is 0 Å². The van der Waals surface area contributed by atoms with Gasteiger partial charge in [0.1, 0.15) is 0 Å². The van der Waals surface area contributed by atoms with E-state index in [1.54, 1.807) is 6.92 Å². The monoisotopic (exact) mass is 262 g/mol. The number of esters is 1. The van der Waals surface area contributed by atoms with E-state index in [2.05, 4.69) is 4.74 Å². The van der Waals surface area contributed by atoms with Gasteiger partial charge < -0.3 is 4.74 Å². The average Bonchev–Trinajstić information content (AvgIpc) is 2.28. The third-order valence-electron chi connectivity index (χ3n) is 1.95. The maximum atomic E-state index is 12.3. The van der Waals surface area contributed by atoms with Crippen molar-refractivity contribution in [2.75, 3.05) is 6.61 Å². The van der Waals surface area contributed by atoms with Crippen LogP contribution in [-0.4, -0.2) is 18.4 Å². The number of carbonyl (C=O) groups excluding carboxylic acids is 2. The molecule has 17 heavy (non-hydrogen) atoms. The summed E-state index contributed by atoms with van der Waals surface area (Å²) in [5.74, 6) is -2.00. The smallest absolute Gasteiger partial charge is 0.379 e. The zero-order valence-electron chi connectivity index (χ0n) is 8.88. The van der Waals surface area contributed by atoms with Crippen LogP contribution in [0.4, 0.5) is 8.78 Å². The molecule has 0 bridgehead atoms. The number of Topliss-reactive ketones (excluding diaryl/α,β-unsaturated/α-hetero) is 1. The molecule has 1 rings (SSSR count). The molecule has 0 fully saturated rings. The summed E-state index contributed by atoms with van der Waals surface area (Å²) in [6, 6.07) is 3.09. The molecule has 3 nitrogen and oxygen atoms in total. The number of benzene rings is 1. The van der Waals surface area contributed by atoms with Gasteiger partial charge in [0.15, 0.2) is 0 Å². The van der Waals surface area contributed by atoms with Crippen LogP contribution in [0, 0.1) is 0 Å². The summed E-state index contributed by atoms with van der Waals surface area (Å²) in [7, 11) is 0. The molecular weight excluding hydrogens is 254 g/mol. The molecule has 0 saturated heterocycles. The summed E-state index contributed by atoms with van der Waals surface area (Å²) >= 11 is 5.65. The normalized spacial score (nSPS) is 10.4. The van der Waals surface area contributed by atoms with Crippen LogP contribution in [0.15, 0.2) is 18.2 Å². The van der Waals surface area contributed by atoms with Crippen molar-refractivity contribution in [1.82, 2.24) is 0 Å². The highest BCUT2D eigenvalue weighted by atomic mass is 35.5. The Hall–Kier alpha value is -1.49. The van der Waals surface area contributed by atoms with Crippen LogP contribution in [0.1, 0.15) is 29.3 Å². The Balaban J connectivity index is 3.00. The van der Waals surface area contributed by atoms with Gasteiger partial charge in [-0.25, -0.2) is 13.6 Å². The lowest BCUT2D eigenvalue weighted by atomic mass is 10.1. The van der Waals surface area contributed by atoms with Crippen LogP contribution in [0.2, 0.25) is 5.02 Å². The fraction of sp³-hybridized carbons (Fsp3) is 0.273. The maximum Gasteiger partial charge on any atom is 0.379 e. The van der Waals surface area contributed by atoms with Crippen molar-refractivity contribution < 1.29 is 23.1 Å². The molecule has 0 amide bonds. The number of alkyl halides is 2. The number of hydrogen-bond donors (Lipinski definition) is 0. The Bertz CT molecular complexity index is 446. The Morgan fingerprint density at radius 3 is 2.53 bits per heavy atom. The molecule has 0 N–H and O–H groups in total. The van der Waals surface area contributed by atoms with Gasteiger partial charge in [0, 0.05) is 11.1 Å². The van der Waals surface area contributed by atoms with Gasteiger partial charge >= 0.3 is 5.97 Å². The fourth-order valence-corrected chi connectivity index (χ4v) is 1.43. The molecule has 0 unspecified atom stereocenters. The van der Waals surface area contributed by atoms with E-state index in [1.807, 2.05) is 0 Å². The zero-order chi connectivity index (χ0) is 13.0. The third-order valence-corrected chi connectivity index (χ3v) is 2.26. The van der Waals surface area contributed by atoms with E-state index in [0.717, 1.165) is 18.2 Å². The van der Waals surface area contributed by atoms with Crippen molar-refractivity contribution in [3.63, 3.8) is 0 Å². The molecular formula is C11H9ClF2O3. The Labute approximate surface area is 101 Å². The lowest BCUT2D eigenvalue weighted by Crippen LogP contribution is -2.17. The number of carbonyl (C=O) groups is 2. The van der Waals surface area contributed by atoms with Gasteiger partial charge in [0.25, 0.3) is 12.2 Å². The van der Waals surface area contributed by atoms with E-state index in [1.165, 1.54) is 0 Å². The van der Waals surface area contributed by atoms with Crippen molar-refractivity contribution in [3.05, 3.63) is 34.3 Å². The van der Waals surface area contributed by atoms with E-state index >= 15 is 0 Å². The molecule has 1 aromatic carbocycles. The van der Waals surface area contributed by atoms with E-state index in [4.69, 9.17) is 11.6 Å². The summed E-state index contributed by atoms with van der Waals surface area (Å²) < 4.78 is 29.1. The highest BCUT2D eigenvalue weighted by Gasteiger charge is 2.21. The summed E-state index contributed by atoms with van der Waals surface area (Å²) in [5, 5.41) is -0.194. The first kappa shape index (κ1) is 13.6. The Kier molecular flexibility index (Phi) is 4.57. The second-order valence-corrected chi connectivity index (χ2v) is 3.50. The van der Waals surface area contributed by atoms with Crippen molar-refractivity contribution in [2.45, 2.75) is 13.3 Å². The second kappa shape index (κ2) is 5.72. The minimum atomic E-state index is -2.68. The van der Waals surface area contributed by atoms with Crippen LogP contribution in [0.3, 0.4) is 0 Å².